The highest BCUT2D eigenvalue weighted by atomic mass is 32.0. The Bertz CT molecular complexity index is 289. The molecule has 0 saturated heterocycles. The van der Waals surface area contributed by atoms with E-state index in [0.29, 0.717) is 5.75 Å². The maximum absolute atomic E-state index is 11.4. The first-order valence-corrected chi connectivity index (χ1v) is 6.89. The van der Waals surface area contributed by atoms with Gasteiger partial charge in [-0.1, -0.05) is 18.2 Å². The van der Waals surface area contributed by atoms with Crippen molar-refractivity contribution < 1.29 is 9.09 Å². The van der Waals surface area contributed by atoms with Crippen LogP contribution in [-0.2, 0) is 4.57 Å². The van der Waals surface area contributed by atoms with Crippen molar-refractivity contribution in [2.45, 2.75) is 0 Å². The zero-order valence-electron chi connectivity index (χ0n) is 6.51. The molecule has 0 amide bonds. The minimum Gasteiger partial charge on any atom is -0.440 e. The Morgan fingerprint density at radius 2 is 2.00 bits per heavy atom. The molecule has 3 nitrogen and oxygen atoms in total. The largest absolute Gasteiger partial charge is 0.440 e. The second-order valence-corrected chi connectivity index (χ2v) is 6.67. The third-order valence-corrected chi connectivity index (χ3v) is 3.24. The maximum atomic E-state index is 11.4. The van der Waals surface area contributed by atoms with E-state index in [-0.39, 0.29) is 6.29 Å². The first-order chi connectivity index (χ1) is 5.64. The molecule has 0 aliphatic carbocycles. The molecule has 1 aromatic carbocycles. The van der Waals surface area contributed by atoms with Gasteiger partial charge in [-0.3, -0.25) is 4.57 Å². The van der Waals surface area contributed by atoms with Gasteiger partial charge in [0.05, 0.1) is 6.29 Å². The van der Waals surface area contributed by atoms with Crippen LogP contribution >= 0.6 is 16.0 Å². The van der Waals surface area contributed by atoms with Gasteiger partial charge < -0.3 is 10.3 Å². The van der Waals surface area contributed by atoms with Gasteiger partial charge in [0.15, 0.2) is 0 Å². The average Bonchev–Trinajstić information content (AvgIpc) is 2.06. The van der Waals surface area contributed by atoms with Crippen molar-refractivity contribution in [3.05, 3.63) is 30.3 Å². The predicted octanol–water partition coefficient (Wildman–Crippen LogP) is 2.05. The van der Waals surface area contributed by atoms with Crippen LogP contribution in [0.3, 0.4) is 0 Å². The van der Waals surface area contributed by atoms with E-state index in [1.165, 1.54) is 0 Å². The topological polar surface area (TPSA) is 52.3 Å². The van der Waals surface area contributed by atoms with E-state index in [9.17, 15) is 4.57 Å². The second kappa shape index (κ2) is 4.04. The van der Waals surface area contributed by atoms with Gasteiger partial charge in [-0.25, -0.2) is 0 Å². The van der Waals surface area contributed by atoms with Gasteiger partial charge in [-0.2, -0.15) is 0 Å². The molecular formula is C7H11NO2P2. The third-order valence-electron chi connectivity index (χ3n) is 1.26. The number of nitrogens with two attached hydrogens (primary N) is 1. The monoisotopic (exact) mass is 203 g/mol. The highest BCUT2D eigenvalue weighted by Crippen LogP contribution is 2.53. The molecule has 66 valence electrons. The van der Waals surface area contributed by atoms with Gasteiger partial charge in [0.2, 0.25) is 0 Å². The average molecular weight is 203 g/mol. The summed E-state index contributed by atoms with van der Waals surface area (Å²) >= 11 is 0. The molecule has 0 bridgehead atoms. The minimum atomic E-state index is -2.70. The molecule has 0 saturated carbocycles. The Kier molecular flexibility index (Phi) is 3.28. The molecule has 0 fully saturated rings. The number of benzene rings is 1. The lowest BCUT2D eigenvalue weighted by Gasteiger charge is -2.11. The van der Waals surface area contributed by atoms with Crippen LogP contribution in [0.2, 0.25) is 0 Å². The quantitative estimate of drug-likeness (QED) is 0.765. The summed E-state index contributed by atoms with van der Waals surface area (Å²) in [5, 5.41) is 0. The Labute approximate surface area is 73.9 Å². The van der Waals surface area contributed by atoms with Gasteiger partial charge in [0.1, 0.15) is 5.75 Å². The predicted molar refractivity (Wildman–Crippen MR) is 53.4 cm³/mol. The van der Waals surface area contributed by atoms with Crippen LogP contribution in [-0.4, -0.2) is 6.29 Å². The molecular weight excluding hydrogens is 192 g/mol. The van der Waals surface area contributed by atoms with E-state index in [1.54, 1.807) is 12.1 Å². The molecule has 2 unspecified atom stereocenters. The van der Waals surface area contributed by atoms with E-state index in [4.69, 9.17) is 10.3 Å². The van der Waals surface area contributed by atoms with Crippen LogP contribution in [0.15, 0.2) is 30.3 Å². The van der Waals surface area contributed by atoms with Crippen molar-refractivity contribution in [3.8, 4) is 5.75 Å². The highest BCUT2D eigenvalue weighted by molar-refractivity contribution is 8.15. The van der Waals surface area contributed by atoms with Crippen LogP contribution in [0.4, 0.5) is 0 Å². The summed E-state index contributed by atoms with van der Waals surface area (Å²) in [5.74, 6) is 0.585. The van der Waals surface area contributed by atoms with Crippen LogP contribution in [0.1, 0.15) is 0 Å². The van der Waals surface area contributed by atoms with Crippen molar-refractivity contribution in [2.75, 3.05) is 6.29 Å². The van der Waals surface area contributed by atoms with Crippen LogP contribution < -0.4 is 10.3 Å². The van der Waals surface area contributed by atoms with E-state index >= 15 is 0 Å². The fourth-order valence-corrected chi connectivity index (χ4v) is 1.62. The first kappa shape index (κ1) is 9.73. The minimum absolute atomic E-state index is 0.0343. The molecule has 5 heteroatoms. The van der Waals surface area contributed by atoms with E-state index in [0.717, 1.165) is 0 Å². The Morgan fingerprint density at radius 1 is 1.42 bits per heavy atom. The standard InChI is InChI=1S/C7H11NO2P2/c8-6-12(9,11)10-7-4-2-1-3-5-7/h1-5H,6,8,11H2. The van der Waals surface area contributed by atoms with E-state index < -0.39 is 7.06 Å². The van der Waals surface area contributed by atoms with Crippen molar-refractivity contribution in [1.29, 1.82) is 0 Å². The van der Waals surface area contributed by atoms with Gasteiger partial charge in [-0.05, 0) is 21.1 Å². The third kappa shape index (κ3) is 2.94. The van der Waals surface area contributed by atoms with Gasteiger partial charge in [0, 0.05) is 0 Å². The van der Waals surface area contributed by atoms with Crippen molar-refractivity contribution in [1.82, 2.24) is 0 Å². The molecule has 1 rings (SSSR count). The lowest BCUT2D eigenvalue weighted by molar-refractivity contribution is 0.499. The fourth-order valence-electron chi connectivity index (χ4n) is 0.697. The maximum Gasteiger partial charge on any atom is 0.273 e. The van der Waals surface area contributed by atoms with Gasteiger partial charge in [0.25, 0.3) is 7.06 Å². The van der Waals surface area contributed by atoms with Gasteiger partial charge in [-0.15, -0.1) is 0 Å². The summed E-state index contributed by atoms with van der Waals surface area (Å²) in [5.41, 5.74) is 5.25. The lowest BCUT2D eigenvalue weighted by atomic mass is 10.3. The Morgan fingerprint density at radius 3 is 2.50 bits per heavy atom. The zero-order valence-corrected chi connectivity index (χ0v) is 8.56. The molecule has 2 atom stereocenters. The molecule has 0 spiro atoms. The van der Waals surface area contributed by atoms with Crippen molar-refractivity contribution in [3.63, 3.8) is 0 Å². The molecule has 12 heavy (non-hydrogen) atoms. The highest BCUT2D eigenvalue weighted by Gasteiger charge is 2.13. The zero-order chi connectivity index (χ0) is 9.03. The number of hydrogen-bond acceptors (Lipinski definition) is 3. The van der Waals surface area contributed by atoms with Crippen molar-refractivity contribution in [2.24, 2.45) is 5.73 Å². The SMILES string of the molecule is NCP(=O)(P)Oc1ccccc1. The van der Waals surface area contributed by atoms with E-state index in [2.05, 4.69) is 8.93 Å². The molecule has 0 aliphatic rings. The summed E-state index contributed by atoms with van der Waals surface area (Å²) in [6, 6.07) is 8.98. The fraction of sp³-hybridized carbons (Fsp3) is 0.143. The lowest BCUT2D eigenvalue weighted by Crippen LogP contribution is -2.00. The van der Waals surface area contributed by atoms with Crippen LogP contribution in [0.5, 0.6) is 5.75 Å². The molecule has 1 aromatic rings. The molecule has 0 aliphatic heterocycles. The summed E-state index contributed by atoms with van der Waals surface area (Å²) < 4.78 is 16.5. The van der Waals surface area contributed by atoms with Crippen molar-refractivity contribution >= 4 is 16.0 Å². The number of para-hydroxylation sites is 1. The second-order valence-electron chi connectivity index (χ2n) is 2.31. The number of hydrogen-bond donors (Lipinski definition) is 1. The summed E-state index contributed by atoms with van der Waals surface area (Å²) in [6.45, 7) is 0. The molecule has 0 radical (unpaired) electrons. The molecule has 2 N–H and O–H groups in total. The summed E-state index contributed by atoms with van der Waals surface area (Å²) in [7, 11) is -0.552. The number of rotatable bonds is 3. The molecule has 0 aromatic heterocycles. The summed E-state index contributed by atoms with van der Waals surface area (Å²) in [4.78, 5) is 0. The molecule has 0 heterocycles. The summed E-state index contributed by atoms with van der Waals surface area (Å²) in [6.07, 6.45) is 0.0343. The Balaban J connectivity index is 2.71. The van der Waals surface area contributed by atoms with Crippen LogP contribution in [0, 0.1) is 0 Å². The normalized spacial score (nSPS) is 15.2. The van der Waals surface area contributed by atoms with Gasteiger partial charge >= 0.3 is 0 Å². The van der Waals surface area contributed by atoms with E-state index in [1.807, 2.05) is 18.2 Å². The smallest absolute Gasteiger partial charge is 0.273 e. The Hall–Kier alpha value is -0.360. The first-order valence-electron chi connectivity index (χ1n) is 3.46. The van der Waals surface area contributed by atoms with Crippen LogP contribution in [0.25, 0.3) is 0 Å².